The van der Waals surface area contributed by atoms with Crippen molar-refractivity contribution in [2.24, 2.45) is 0 Å². The van der Waals surface area contributed by atoms with Crippen molar-refractivity contribution in [3.63, 3.8) is 0 Å². The average molecular weight is 375 g/mol. The second-order valence-electron chi connectivity index (χ2n) is 6.23. The minimum Gasteiger partial charge on any atom is -0.363 e. The molecule has 0 fully saturated rings. The smallest absolute Gasteiger partial charge is 0.150 e. The largest absolute Gasteiger partial charge is 0.363 e. The maximum Gasteiger partial charge on any atom is 0.150 e. The molecule has 0 aliphatic heterocycles. The van der Waals surface area contributed by atoms with Crippen molar-refractivity contribution >= 4 is 17.5 Å². The van der Waals surface area contributed by atoms with Crippen LogP contribution in [0.2, 0.25) is 0 Å². The van der Waals surface area contributed by atoms with Gasteiger partial charge in [0.25, 0.3) is 0 Å². The third-order valence-corrected chi connectivity index (χ3v) is 4.19. The number of hydrogen-bond donors (Lipinski definition) is 3. The van der Waals surface area contributed by atoms with Gasteiger partial charge in [0.15, 0.2) is 0 Å². The van der Waals surface area contributed by atoms with E-state index in [4.69, 9.17) is 0 Å². The van der Waals surface area contributed by atoms with Crippen molar-refractivity contribution in [2.45, 2.75) is 13.0 Å². The third kappa shape index (κ3) is 4.12. The van der Waals surface area contributed by atoms with Gasteiger partial charge in [-0.1, -0.05) is 12.1 Å². The van der Waals surface area contributed by atoms with Crippen LogP contribution in [0.3, 0.4) is 0 Å². The molecule has 8 heteroatoms. The van der Waals surface area contributed by atoms with Crippen LogP contribution in [0.25, 0.3) is 11.3 Å². The molecule has 3 heterocycles. The second kappa shape index (κ2) is 7.83. The molecule has 4 rings (SSSR count). The van der Waals surface area contributed by atoms with Gasteiger partial charge in [-0.15, -0.1) is 0 Å². The number of halogens is 1. The highest BCUT2D eigenvalue weighted by Crippen LogP contribution is 2.27. The molecule has 0 spiro atoms. The fourth-order valence-corrected chi connectivity index (χ4v) is 2.79. The summed E-state index contributed by atoms with van der Waals surface area (Å²) in [6.45, 7) is 1.99. The number of nitrogens with one attached hydrogen (secondary N) is 3. The Bertz CT molecular complexity index is 1030. The minimum atomic E-state index is -0.259. The fraction of sp³-hybridized carbons (Fsp3) is 0.100. The quantitative estimate of drug-likeness (QED) is 0.465. The van der Waals surface area contributed by atoms with E-state index in [9.17, 15) is 4.39 Å². The zero-order chi connectivity index (χ0) is 19.3. The lowest BCUT2D eigenvalue weighted by Gasteiger charge is -2.17. The summed E-state index contributed by atoms with van der Waals surface area (Å²) in [6, 6.07) is 12.1. The molecule has 1 unspecified atom stereocenters. The average Bonchev–Trinajstić information content (AvgIpc) is 3.24. The lowest BCUT2D eigenvalue weighted by atomic mass is 10.1. The van der Waals surface area contributed by atoms with Crippen LogP contribution in [0.15, 0.2) is 67.3 Å². The maximum atomic E-state index is 13.2. The Labute approximate surface area is 161 Å². The first-order valence-corrected chi connectivity index (χ1v) is 8.74. The van der Waals surface area contributed by atoms with Gasteiger partial charge in [-0.05, 0) is 42.8 Å². The Kier molecular flexibility index (Phi) is 4.92. The summed E-state index contributed by atoms with van der Waals surface area (Å²) < 4.78 is 13.2. The van der Waals surface area contributed by atoms with E-state index in [0.29, 0.717) is 17.5 Å². The van der Waals surface area contributed by atoms with E-state index in [1.807, 2.05) is 25.1 Å². The van der Waals surface area contributed by atoms with Gasteiger partial charge in [-0.2, -0.15) is 5.10 Å². The number of pyridine rings is 1. The van der Waals surface area contributed by atoms with Gasteiger partial charge >= 0.3 is 0 Å². The van der Waals surface area contributed by atoms with Crippen molar-refractivity contribution in [1.82, 2.24) is 25.1 Å². The first-order chi connectivity index (χ1) is 13.7. The molecule has 7 nitrogen and oxygen atoms in total. The highest BCUT2D eigenvalue weighted by Gasteiger charge is 2.11. The summed E-state index contributed by atoms with van der Waals surface area (Å²) >= 11 is 0. The molecule has 0 saturated carbocycles. The van der Waals surface area contributed by atoms with Gasteiger partial charge in [-0.25, -0.2) is 14.4 Å². The number of anilines is 3. The molecule has 28 heavy (non-hydrogen) atoms. The molecule has 0 aliphatic rings. The van der Waals surface area contributed by atoms with Gasteiger partial charge in [0.2, 0.25) is 0 Å². The molecule has 3 N–H and O–H groups in total. The molecular weight excluding hydrogens is 357 g/mol. The van der Waals surface area contributed by atoms with Crippen LogP contribution in [0.1, 0.15) is 18.5 Å². The Balaban J connectivity index is 1.64. The molecule has 1 aromatic carbocycles. The molecule has 140 valence electrons. The minimum absolute atomic E-state index is 0.0607. The molecule has 0 radical (unpaired) electrons. The highest BCUT2D eigenvalue weighted by atomic mass is 19.1. The van der Waals surface area contributed by atoms with E-state index >= 15 is 0 Å². The summed E-state index contributed by atoms with van der Waals surface area (Å²) in [7, 11) is 0. The monoisotopic (exact) mass is 375 g/mol. The van der Waals surface area contributed by atoms with Gasteiger partial charge < -0.3 is 10.6 Å². The first kappa shape index (κ1) is 17.6. The summed E-state index contributed by atoms with van der Waals surface area (Å²) in [5.41, 5.74) is 2.73. The summed E-state index contributed by atoms with van der Waals surface area (Å²) in [6.07, 6.45) is 6.53. The number of benzene rings is 1. The van der Waals surface area contributed by atoms with Crippen LogP contribution < -0.4 is 10.6 Å². The number of hydrogen-bond acceptors (Lipinski definition) is 6. The van der Waals surface area contributed by atoms with E-state index in [0.717, 1.165) is 16.8 Å². The molecular formula is C20H18FN7. The van der Waals surface area contributed by atoms with Crippen LogP contribution in [-0.2, 0) is 0 Å². The Morgan fingerprint density at radius 3 is 2.50 bits per heavy atom. The van der Waals surface area contributed by atoms with Crippen molar-refractivity contribution in [1.29, 1.82) is 0 Å². The van der Waals surface area contributed by atoms with E-state index in [1.54, 1.807) is 36.9 Å². The van der Waals surface area contributed by atoms with Crippen LogP contribution in [0.4, 0.5) is 21.8 Å². The highest BCUT2D eigenvalue weighted by molar-refractivity contribution is 5.69. The summed E-state index contributed by atoms with van der Waals surface area (Å²) in [5.74, 6) is 1.61. The molecule has 3 aromatic heterocycles. The van der Waals surface area contributed by atoms with Crippen LogP contribution in [0, 0.1) is 5.82 Å². The van der Waals surface area contributed by atoms with E-state index in [-0.39, 0.29) is 11.9 Å². The van der Waals surface area contributed by atoms with Gasteiger partial charge in [0.05, 0.1) is 11.9 Å². The fourth-order valence-electron chi connectivity index (χ4n) is 2.79. The lowest BCUT2D eigenvalue weighted by molar-refractivity contribution is 0.626. The van der Waals surface area contributed by atoms with E-state index in [2.05, 4.69) is 35.8 Å². The normalized spacial score (nSPS) is 11.8. The number of nitrogens with zero attached hydrogens (tertiary/aromatic N) is 4. The van der Waals surface area contributed by atoms with Crippen LogP contribution in [-0.4, -0.2) is 25.1 Å². The molecule has 1 atom stereocenters. The molecule has 0 aliphatic carbocycles. The Hall–Kier alpha value is -3.81. The van der Waals surface area contributed by atoms with Gasteiger partial charge in [0.1, 0.15) is 23.3 Å². The Morgan fingerprint density at radius 1 is 0.964 bits per heavy atom. The zero-order valence-electron chi connectivity index (χ0n) is 15.1. The standard InChI is InChI=1S/C20H18FN7/c1-13(14-2-4-16(21)5-3-14)25-18-10-15(17-6-7-24-28-17)11-19(26-18)27-20-12-22-8-9-23-20/h2-13H,1H3,(H,24,28)(H2,23,25,26,27). The lowest BCUT2D eigenvalue weighted by Crippen LogP contribution is -2.09. The number of rotatable bonds is 6. The number of aromatic amines is 1. The van der Waals surface area contributed by atoms with Crippen molar-refractivity contribution in [3.05, 3.63) is 78.6 Å². The van der Waals surface area contributed by atoms with Crippen LogP contribution in [0.5, 0.6) is 0 Å². The molecule has 0 bridgehead atoms. The van der Waals surface area contributed by atoms with E-state index in [1.165, 1.54) is 12.1 Å². The van der Waals surface area contributed by atoms with Crippen molar-refractivity contribution in [3.8, 4) is 11.3 Å². The topological polar surface area (TPSA) is 91.4 Å². The van der Waals surface area contributed by atoms with Gasteiger partial charge in [0, 0.05) is 30.2 Å². The van der Waals surface area contributed by atoms with Crippen LogP contribution >= 0.6 is 0 Å². The number of H-pyrrole nitrogens is 1. The van der Waals surface area contributed by atoms with Gasteiger partial charge in [-0.3, -0.25) is 10.1 Å². The first-order valence-electron chi connectivity index (χ1n) is 8.74. The zero-order valence-corrected chi connectivity index (χ0v) is 15.1. The van der Waals surface area contributed by atoms with E-state index < -0.39 is 0 Å². The molecule has 0 saturated heterocycles. The predicted octanol–water partition coefficient (Wildman–Crippen LogP) is 4.32. The maximum absolute atomic E-state index is 13.2. The second-order valence-corrected chi connectivity index (χ2v) is 6.23. The van der Waals surface area contributed by atoms with Crippen molar-refractivity contribution < 1.29 is 4.39 Å². The summed E-state index contributed by atoms with van der Waals surface area (Å²) in [4.78, 5) is 12.9. The summed E-state index contributed by atoms with van der Waals surface area (Å²) in [5, 5.41) is 13.5. The molecule has 0 amide bonds. The SMILES string of the molecule is CC(Nc1cc(-c2ccn[nH]2)cc(Nc2cnccn2)n1)c1ccc(F)cc1. The third-order valence-electron chi connectivity index (χ3n) is 4.19. The molecule has 4 aromatic rings. The predicted molar refractivity (Wildman–Crippen MR) is 106 cm³/mol. The van der Waals surface area contributed by atoms with Crippen molar-refractivity contribution in [2.75, 3.05) is 10.6 Å². The Morgan fingerprint density at radius 2 is 1.79 bits per heavy atom. The number of aromatic nitrogens is 5.